The zero-order chi connectivity index (χ0) is 16.8. The second kappa shape index (κ2) is 8.10. The van der Waals surface area contributed by atoms with Gasteiger partial charge in [0.05, 0.1) is 12.2 Å². The van der Waals surface area contributed by atoms with Gasteiger partial charge in [-0.3, -0.25) is 9.69 Å². The van der Waals surface area contributed by atoms with Crippen molar-refractivity contribution in [2.24, 2.45) is 0 Å². The minimum Gasteiger partial charge on any atom is -0.388 e. The zero-order valence-electron chi connectivity index (χ0n) is 14.2. The molecule has 1 atom stereocenters. The molecule has 1 heterocycles. The molecule has 1 aliphatic heterocycles. The van der Waals surface area contributed by atoms with Crippen LogP contribution in [0.15, 0.2) is 30.3 Å². The Balaban J connectivity index is 1.48. The van der Waals surface area contributed by atoms with E-state index in [1.54, 1.807) is 0 Å². The lowest BCUT2D eigenvalue weighted by molar-refractivity contribution is -0.140. The van der Waals surface area contributed by atoms with Crippen LogP contribution in [-0.4, -0.2) is 53.9 Å². The first-order chi connectivity index (χ1) is 11.6. The first kappa shape index (κ1) is 17.4. The molecule has 3 rings (SSSR count). The number of amides is 1. The van der Waals surface area contributed by atoms with E-state index in [0.717, 1.165) is 38.8 Å². The molecule has 0 aromatic heterocycles. The highest BCUT2D eigenvalue weighted by molar-refractivity contribution is 5.81. The number of carbonyl (C=O) groups is 1. The highest BCUT2D eigenvalue weighted by Gasteiger charge is 2.32. The van der Waals surface area contributed by atoms with Crippen molar-refractivity contribution < 1.29 is 14.6 Å². The fourth-order valence-electron chi connectivity index (χ4n) is 3.60. The molecule has 1 saturated heterocycles. The number of hydrogen-bond acceptors (Lipinski definition) is 4. The molecule has 0 unspecified atom stereocenters. The van der Waals surface area contributed by atoms with Crippen molar-refractivity contribution in [3.63, 3.8) is 0 Å². The van der Waals surface area contributed by atoms with Crippen LogP contribution in [0.1, 0.15) is 37.7 Å². The SMILES string of the molecule is O=C(NCC1(O)CCCCC1)[C@H]1CN(Cc2ccccc2)CCO1. The van der Waals surface area contributed by atoms with Gasteiger partial charge >= 0.3 is 0 Å². The number of carbonyl (C=O) groups excluding carboxylic acids is 1. The molecule has 2 N–H and O–H groups in total. The number of hydrogen-bond donors (Lipinski definition) is 2. The zero-order valence-corrected chi connectivity index (χ0v) is 14.2. The van der Waals surface area contributed by atoms with Crippen molar-refractivity contribution in [3.8, 4) is 0 Å². The minimum absolute atomic E-state index is 0.105. The summed E-state index contributed by atoms with van der Waals surface area (Å²) in [5.74, 6) is -0.105. The van der Waals surface area contributed by atoms with Crippen molar-refractivity contribution >= 4 is 5.91 Å². The second-order valence-corrected chi connectivity index (χ2v) is 7.08. The Kier molecular flexibility index (Phi) is 5.87. The quantitative estimate of drug-likeness (QED) is 0.861. The normalized spacial score (nSPS) is 24.5. The van der Waals surface area contributed by atoms with Crippen LogP contribution in [0, 0.1) is 0 Å². The van der Waals surface area contributed by atoms with Crippen LogP contribution in [0.5, 0.6) is 0 Å². The predicted octanol–water partition coefficient (Wildman–Crippen LogP) is 1.70. The van der Waals surface area contributed by atoms with Crippen molar-refractivity contribution in [2.45, 2.75) is 50.4 Å². The van der Waals surface area contributed by atoms with Gasteiger partial charge in [0.1, 0.15) is 6.10 Å². The van der Waals surface area contributed by atoms with Gasteiger partial charge in [0.2, 0.25) is 0 Å². The Labute approximate surface area is 144 Å². The minimum atomic E-state index is -0.730. The maximum atomic E-state index is 12.4. The number of ether oxygens (including phenoxy) is 1. The smallest absolute Gasteiger partial charge is 0.250 e. The first-order valence-electron chi connectivity index (χ1n) is 9.03. The summed E-state index contributed by atoms with van der Waals surface area (Å²) in [5, 5.41) is 13.4. The molecule has 5 nitrogen and oxygen atoms in total. The van der Waals surface area contributed by atoms with E-state index in [0.29, 0.717) is 19.7 Å². The molecule has 0 bridgehead atoms. The highest BCUT2D eigenvalue weighted by Crippen LogP contribution is 2.27. The summed E-state index contributed by atoms with van der Waals surface area (Å²) in [5.41, 5.74) is 0.516. The topological polar surface area (TPSA) is 61.8 Å². The monoisotopic (exact) mass is 332 g/mol. The number of morpholine rings is 1. The summed E-state index contributed by atoms with van der Waals surface area (Å²) in [6.45, 7) is 3.17. The van der Waals surface area contributed by atoms with Crippen LogP contribution in [0.25, 0.3) is 0 Å². The van der Waals surface area contributed by atoms with Crippen LogP contribution in [0.3, 0.4) is 0 Å². The van der Waals surface area contributed by atoms with Crippen molar-refractivity contribution in [3.05, 3.63) is 35.9 Å². The van der Waals surface area contributed by atoms with E-state index in [1.807, 2.05) is 18.2 Å². The van der Waals surface area contributed by atoms with E-state index in [9.17, 15) is 9.90 Å². The summed E-state index contributed by atoms with van der Waals surface area (Å²) < 4.78 is 5.65. The average Bonchev–Trinajstić information content (AvgIpc) is 2.61. The molecular weight excluding hydrogens is 304 g/mol. The van der Waals surface area contributed by atoms with Crippen molar-refractivity contribution in [1.29, 1.82) is 0 Å². The van der Waals surface area contributed by atoms with Crippen LogP contribution in [-0.2, 0) is 16.1 Å². The number of nitrogens with one attached hydrogen (secondary N) is 1. The van der Waals surface area contributed by atoms with Gasteiger partial charge in [-0.05, 0) is 18.4 Å². The lowest BCUT2D eigenvalue weighted by Gasteiger charge is -2.35. The molecule has 0 spiro atoms. The predicted molar refractivity (Wildman–Crippen MR) is 92.5 cm³/mol. The first-order valence-corrected chi connectivity index (χ1v) is 9.03. The third kappa shape index (κ3) is 4.79. The second-order valence-electron chi connectivity index (χ2n) is 7.08. The molecule has 24 heavy (non-hydrogen) atoms. The van der Waals surface area contributed by atoms with E-state index in [4.69, 9.17) is 4.74 Å². The fraction of sp³-hybridized carbons (Fsp3) is 0.632. The Hall–Kier alpha value is -1.43. The third-order valence-electron chi connectivity index (χ3n) is 5.07. The molecule has 132 valence electrons. The number of benzene rings is 1. The van der Waals surface area contributed by atoms with Gasteiger partial charge in [-0.15, -0.1) is 0 Å². The molecule has 2 aliphatic rings. The summed E-state index contributed by atoms with van der Waals surface area (Å²) in [6, 6.07) is 10.3. The van der Waals surface area contributed by atoms with Crippen LogP contribution in [0.2, 0.25) is 0 Å². The largest absolute Gasteiger partial charge is 0.388 e. The molecule has 1 saturated carbocycles. The Morgan fingerprint density at radius 1 is 1.25 bits per heavy atom. The molecular formula is C19H28N2O3. The molecule has 1 amide bonds. The maximum absolute atomic E-state index is 12.4. The van der Waals surface area contributed by atoms with E-state index in [1.165, 1.54) is 12.0 Å². The number of rotatable bonds is 5. The van der Waals surface area contributed by atoms with Crippen molar-refractivity contribution in [1.82, 2.24) is 10.2 Å². The van der Waals surface area contributed by atoms with Gasteiger partial charge in [-0.25, -0.2) is 0 Å². The highest BCUT2D eigenvalue weighted by atomic mass is 16.5. The Bertz CT molecular complexity index is 529. The van der Waals surface area contributed by atoms with Crippen LogP contribution in [0.4, 0.5) is 0 Å². The molecule has 1 aromatic rings. The summed E-state index contributed by atoms with van der Waals surface area (Å²) in [7, 11) is 0. The van der Waals surface area contributed by atoms with Gasteiger partial charge in [-0.2, -0.15) is 0 Å². The van der Waals surface area contributed by atoms with Gasteiger partial charge in [-0.1, -0.05) is 49.6 Å². The van der Waals surface area contributed by atoms with Gasteiger partial charge in [0.25, 0.3) is 5.91 Å². The van der Waals surface area contributed by atoms with E-state index in [2.05, 4.69) is 22.3 Å². The fourth-order valence-corrected chi connectivity index (χ4v) is 3.60. The third-order valence-corrected chi connectivity index (χ3v) is 5.07. The van der Waals surface area contributed by atoms with Crippen molar-refractivity contribution in [2.75, 3.05) is 26.2 Å². The molecule has 2 fully saturated rings. The molecule has 5 heteroatoms. The van der Waals surface area contributed by atoms with E-state index in [-0.39, 0.29) is 5.91 Å². The molecule has 1 aliphatic carbocycles. The summed E-state index contributed by atoms with van der Waals surface area (Å²) in [6.07, 6.45) is 4.36. The lowest BCUT2D eigenvalue weighted by Crippen LogP contribution is -2.52. The summed E-state index contributed by atoms with van der Waals surface area (Å²) >= 11 is 0. The van der Waals surface area contributed by atoms with E-state index < -0.39 is 11.7 Å². The average molecular weight is 332 g/mol. The van der Waals surface area contributed by atoms with Gasteiger partial charge < -0.3 is 15.2 Å². The van der Waals surface area contributed by atoms with Crippen LogP contribution >= 0.6 is 0 Å². The lowest BCUT2D eigenvalue weighted by atomic mass is 9.85. The van der Waals surface area contributed by atoms with Crippen LogP contribution < -0.4 is 5.32 Å². The molecule has 0 radical (unpaired) electrons. The number of nitrogens with zero attached hydrogens (tertiary/aromatic N) is 1. The summed E-state index contributed by atoms with van der Waals surface area (Å²) in [4.78, 5) is 14.7. The Morgan fingerprint density at radius 3 is 2.75 bits per heavy atom. The van der Waals surface area contributed by atoms with Gasteiger partial charge in [0.15, 0.2) is 0 Å². The Morgan fingerprint density at radius 2 is 2.00 bits per heavy atom. The van der Waals surface area contributed by atoms with Gasteiger partial charge in [0, 0.05) is 26.2 Å². The standard InChI is InChI=1S/C19H28N2O3/c22-18(20-15-19(23)9-5-2-6-10-19)17-14-21(11-12-24-17)13-16-7-3-1-4-8-16/h1,3-4,7-8,17,23H,2,5-6,9-15H2,(H,20,22)/t17-/m1/s1. The maximum Gasteiger partial charge on any atom is 0.250 e. The van der Waals surface area contributed by atoms with E-state index >= 15 is 0 Å². The molecule has 1 aromatic carbocycles. The number of aliphatic hydroxyl groups is 1.